The van der Waals surface area contributed by atoms with E-state index in [0.717, 1.165) is 17.1 Å². The van der Waals surface area contributed by atoms with E-state index in [4.69, 9.17) is 0 Å². The van der Waals surface area contributed by atoms with Gasteiger partial charge in [0, 0.05) is 17.1 Å². The molecule has 0 saturated carbocycles. The zero-order valence-electron chi connectivity index (χ0n) is 33.1. The summed E-state index contributed by atoms with van der Waals surface area (Å²) < 4.78 is 0. The molecule has 0 aromatic heterocycles. The molecule has 0 amide bonds. The average molecular weight is 764 g/mol. The van der Waals surface area contributed by atoms with Gasteiger partial charge in [0.05, 0.1) is 5.41 Å². The van der Waals surface area contributed by atoms with Gasteiger partial charge in [-0.2, -0.15) is 0 Å². The second kappa shape index (κ2) is 14.9. The summed E-state index contributed by atoms with van der Waals surface area (Å²) in [5, 5.41) is 2.42. The van der Waals surface area contributed by atoms with Crippen LogP contribution in [0, 0.1) is 0 Å². The Balaban J connectivity index is 1.05. The van der Waals surface area contributed by atoms with Crippen LogP contribution in [0.15, 0.2) is 249 Å². The average Bonchev–Trinajstić information content (AvgIpc) is 3.64. The highest BCUT2D eigenvalue weighted by atomic mass is 15.1. The largest absolute Gasteiger partial charge is 0.310 e. The second-order valence-electron chi connectivity index (χ2n) is 15.7. The summed E-state index contributed by atoms with van der Waals surface area (Å²) in [6.07, 6.45) is 0. The first-order valence-corrected chi connectivity index (χ1v) is 20.8. The molecule has 0 heterocycles. The van der Waals surface area contributed by atoms with Gasteiger partial charge in [-0.15, -0.1) is 0 Å². The van der Waals surface area contributed by atoms with E-state index in [2.05, 4.69) is 254 Å². The molecule has 0 atom stereocenters. The van der Waals surface area contributed by atoms with Gasteiger partial charge in [-0.3, -0.25) is 0 Å². The van der Waals surface area contributed by atoms with E-state index < -0.39 is 5.41 Å². The lowest BCUT2D eigenvalue weighted by molar-refractivity contribution is 0.768. The van der Waals surface area contributed by atoms with Crippen molar-refractivity contribution in [1.29, 1.82) is 0 Å². The maximum atomic E-state index is 2.38. The Labute approximate surface area is 352 Å². The second-order valence-corrected chi connectivity index (χ2v) is 15.7. The number of anilines is 3. The summed E-state index contributed by atoms with van der Waals surface area (Å²) in [4.78, 5) is 2.38. The molecule has 0 bridgehead atoms. The Morgan fingerprint density at radius 3 is 1.35 bits per heavy atom. The standard InChI is InChI=1S/C59H41N/c1-5-16-42(17-6-1)44-30-35-51(36-31-44)60(53-39-32-45-28-29-47(40-48(45)41-53)43-18-7-2-8-19-43)52-37-33-46(34-38-52)54-25-15-27-57-58(54)55-24-13-14-26-56(55)59(57,49-20-9-3-10-21-49)50-22-11-4-12-23-50/h1-41H. The lowest BCUT2D eigenvalue weighted by Gasteiger charge is -2.34. The number of benzene rings is 10. The molecule has 1 heteroatoms. The Kier molecular flexibility index (Phi) is 8.79. The lowest BCUT2D eigenvalue weighted by Crippen LogP contribution is -2.28. The summed E-state index contributed by atoms with van der Waals surface area (Å²) >= 11 is 0. The maximum absolute atomic E-state index is 2.38. The third-order valence-electron chi connectivity index (χ3n) is 12.3. The van der Waals surface area contributed by atoms with Crippen molar-refractivity contribution in [2.45, 2.75) is 5.41 Å². The van der Waals surface area contributed by atoms with E-state index in [1.165, 1.54) is 77.5 Å². The predicted octanol–water partition coefficient (Wildman–Crippen LogP) is 15.7. The van der Waals surface area contributed by atoms with Crippen molar-refractivity contribution < 1.29 is 0 Å². The number of hydrogen-bond donors (Lipinski definition) is 0. The molecular weight excluding hydrogens is 723 g/mol. The normalized spacial score (nSPS) is 12.5. The molecule has 0 N–H and O–H groups in total. The molecule has 0 spiro atoms. The molecule has 0 unspecified atom stereocenters. The minimum absolute atomic E-state index is 0.441. The van der Waals surface area contributed by atoms with Crippen molar-refractivity contribution in [3.63, 3.8) is 0 Å². The van der Waals surface area contributed by atoms with Gasteiger partial charge >= 0.3 is 0 Å². The molecule has 10 aromatic rings. The lowest BCUT2D eigenvalue weighted by atomic mass is 9.67. The molecular formula is C59H41N. The highest BCUT2D eigenvalue weighted by molar-refractivity contribution is 5.96. The zero-order chi connectivity index (χ0) is 39.9. The van der Waals surface area contributed by atoms with Crippen LogP contribution in [0.3, 0.4) is 0 Å². The third-order valence-corrected chi connectivity index (χ3v) is 12.3. The molecule has 1 aliphatic rings. The summed E-state index contributed by atoms with van der Waals surface area (Å²) in [6, 6.07) is 90.9. The number of nitrogens with zero attached hydrogens (tertiary/aromatic N) is 1. The van der Waals surface area contributed by atoms with Gasteiger partial charge in [0.15, 0.2) is 0 Å². The van der Waals surface area contributed by atoms with Crippen molar-refractivity contribution >= 4 is 27.8 Å². The van der Waals surface area contributed by atoms with Gasteiger partial charge in [-0.05, 0) is 120 Å². The van der Waals surface area contributed by atoms with Crippen LogP contribution in [-0.4, -0.2) is 0 Å². The molecule has 0 aliphatic heterocycles. The van der Waals surface area contributed by atoms with Gasteiger partial charge in [0.2, 0.25) is 0 Å². The monoisotopic (exact) mass is 763 g/mol. The molecule has 11 rings (SSSR count). The molecule has 1 aliphatic carbocycles. The molecule has 1 nitrogen and oxygen atoms in total. The Morgan fingerprint density at radius 1 is 0.267 bits per heavy atom. The van der Waals surface area contributed by atoms with Gasteiger partial charge in [-0.25, -0.2) is 0 Å². The number of rotatable bonds is 8. The summed E-state index contributed by atoms with van der Waals surface area (Å²) in [6.45, 7) is 0. The van der Waals surface area contributed by atoms with Crippen LogP contribution in [0.25, 0.3) is 55.3 Å². The van der Waals surface area contributed by atoms with Crippen LogP contribution in [0.1, 0.15) is 22.3 Å². The first-order chi connectivity index (χ1) is 29.8. The topological polar surface area (TPSA) is 3.24 Å². The van der Waals surface area contributed by atoms with E-state index in [1.807, 2.05) is 0 Å². The van der Waals surface area contributed by atoms with E-state index in [1.54, 1.807) is 0 Å². The molecule has 60 heavy (non-hydrogen) atoms. The molecule has 0 radical (unpaired) electrons. The van der Waals surface area contributed by atoms with Crippen LogP contribution < -0.4 is 4.90 Å². The van der Waals surface area contributed by atoms with Crippen LogP contribution in [-0.2, 0) is 5.41 Å². The number of fused-ring (bicyclic) bond motifs is 4. The van der Waals surface area contributed by atoms with Crippen LogP contribution >= 0.6 is 0 Å². The quantitative estimate of drug-likeness (QED) is 0.149. The minimum atomic E-state index is -0.441. The van der Waals surface area contributed by atoms with Crippen LogP contribution in [0.4, 0.5) is 17.1 Å². The van der Waals surface area contributed by atoms with Crippen LogP contribution in [0.5, 0.6) is 0 Å². The smallest absolute Gasteiger partial charge is 0.0713 e. The zero-order valence-corrected chi connectivity index (χ0v) is 33.1. The Hall–Kier alpha value is -7.74. The van der Waals surface area contributed by atoms with Crippen LogP contribution in [0.2, 0.25) is 0 Å². The molecule has 0 saturated heterocycles. The third kappa shape index (κ3) is 5.94. The van der Waals surface area contributed by atoms with E-state index in [0.29, 0.717) is 0 Å². The first kappa shape index (κ1) is 35.4. The minimum Gasteiger partial charge on any atom is -0.310 e. The SMILES string of the molecule is c1ccc(-c2ccc(N(c3ccc(-c4cccc5c4-c4ccccc4C5(c4ccccc4)c4ccccc4)cc3)c3ccc4ccc(-c5ccccc5)cc4c3)cc2)cc1. The summed E-state index contributed by atoms with van der Waals surface area (Å²) in [7, 11) is 0. The Bertz CT molecular complexity index is 3060. The highest BCUT2D eigenvalue weighted by Gasteiger charge is 2.46. The first-order valence-electron chi connectivity index (χ1n) is 20.8. The van der Waals surface area contributed by atoms with Crippen molar-refractivity contribution in [3.05, 3.63) is 271 Å². The van der Waals surface area contributed by atoms with Gasteiger partial charge in [-0.1, -0.05) is 206 Å². The molecule has 0 fully saturated rings. The van der Waals surface area contributed by atoms with Crippen molar-refractivity contribution in [2.24, 2.45) is 0 Å². The maximum Gasteiger partial charge on any atom is 0.0713 e. The summed E-state index contributed by atoms with van der Waals surface area (Å²) in [5.74, 6) is 0. The predicted molar refractivity (Wildman–Crippen MR) is 252 cm³/mol. The summed E-state index contributed by atoms with van der Waals surface area (Å²) in [5.41, 5.74) is 17.9. The number of hydrogen-bond acceptors (Lipinski definition) is 1. The van der Waals surface area contributed by atoms with E-state index >= 15 is 0 Å². The van der Waals surface area contributed by atoms with Gasteiger partial charge in [0.1, 0.15) is 0 Å². The van der Waals surface area contributed by atoms with Crippen molar-refractivity contribution in [3.8, 4) is 44.5 Å². The molecule has 10 aromatic carbocycles. The fourth-order valence-electron chi connectivity index (χ4n) is 9.59. The van der Waals surface area contributed by atoms with E-state index in [9.17, 15) is 0 Å². The fourth-order valence-corrected chi connectivity index (χ4v) is 9.59. The van der Waals surface area contributed by atoms with E-state index in [-0.39, 0.29) is 0 Å². The van der Waals surface area contributed by atoms with Crippen molar-refractivity contribution in [1.82, 2.24) is 0 Å². The van der Waals surface area contributed by atoms with Gasteiger partial charge in [0.25, 0.3) is 0 Å². The fraction of sp³-hybridized carbons (Fsp3) is 0.0169. The van der Waals surface area contributed by atoms with Gasteiger partial charge < -0.3 is 4.90 Å². The van der Waals surface area contributed by atoms with Crippen molar-refractivity contribution in [2.75, 3.05) is 4.90 Å². The molecule has 282 valence electrons. The highest BCUT2D eigenvalue weighted by Crippen LogP contribution is 2.58. The Morgan fingerprint density at radius 2 is 0.717 bits per heavy atom.